The van der Waals surface area contributed by atoms with Gasteiger partial charge in [-0.2, -0.15) is 0 Å². The molecule has 0 aliphatic carbocycles. The number of nitrogens with one attached hydrogen (secondary N) is 2. The molecule has 0 saturated heterocycles. The normalized spacial score (nSPS) is 12.1. The van der Waals surface area contributed by atoms with Crippen molar-refractivity contribution < 1.29 is 9.90 Å². The molecule has 6 nitrogen and oxygen atoms in total. The van der Waals surface area contributed by atoms with Crippen LogP contribution in [0, 0.1) is 5.41 Å². The summed E-state index contributed by atoms with van der Waals surface area (Å²) in [4.78, 5) is 12.2. The minimum absolute atomic E-state index is 0.00123. The minimum atomic E-state index is -0.849. The highest BCUT2D eigenvalue weighted by Crippen LogP contribution is 1.98. The van der Waals surface area contributed by atoms with Crippen LogP contribution in [0.4, 0.5) is 0 Å². The van der Waals surface area contributed by atoms with Gasteiger partial charge in [-0.1, -0.05) is 0 Å². The first-order valence-corrected chi connectivity index (χ1v) is 4.44. The van der Waals surface area contributed by atoms with E-state index in [9.17, 15) is 4.79 Å². The molecular formula is C8H18N4O2. The van der Waals surface area contributed by atoms with Gasteiger partial charge in [0, 0.05) is 13.6 Å². The largest absolute Gasteiger partial charge is 0.480 e. The van der Waals surface area contributed by atoms with Crippen LogP contribution < -0.4 is 11.1 Å². The molecule has 82 valence electrons. The summed E-state index contributed by atoms with van der Waals surface area (Å²) in [5, 5.41) is 18.5. The molecule has 14 heavy (non-hydrogen) atoms. The molecule has 0 rings (SSSR count). The highest BCUT2D eigenvalue weighted by Gasteiger charge is 2.14. The molecular weight excluding hydrogens is 184 g/mol. The van der Waals surface area contributed by atoms with Crippen LogP contribution in [0.1, 0.15) is 12.8 Å². The van der Waals surface area contributed by atoms with Crippen molar-refractivity contribution in [3.05, 3.63) is 0 Å². The van der Waals surface area contributed by atoms with Crippen LogP contribution in [0.2, 0.25) is 0 Å². The molecule has 0 aromatic heterocycles. The predicted octanol–water partition coefficient (Wildman–Crippen LogP) is -0.736. The van der Waals surface area contributed by atoms with Gasteiger partial charge in [0.2, 0.25) is 0 Å². The standard InChI is InChI=1S/C8H18N4O2/c1-11-6(7(13)14)4-3-5-12(2)8(9)10/h6,11H,3-5H2,1-2H3,(H3,9,10)(H,13,14). The second-order valence-electron chi connectivity index (χ2n) is 3.13. The van der Waals surface area contributed by atoms with E-state index in [-0.39, 0.29) is 5.96 Å². The summed E-state index contributed by atoms with van der Waals surface area (Å²) in [5.74, 6) is -0.848. The quantitative estimate of drug-likeness (QED) is 0.336. The number of carboxylic acids is 1. The van der Waals surface area contributed by atoms with E-state index >= 15 is 0 Å². The molecule has 0 aliphatic rings. The maximum absolute atomic E-state index is 10.6. The zero-order valence-corrected chi connectivity index (χ0v) is 8.58. The molecule has 0 fully saturated rings. The molecule has 1 unspecified atom stereocenters. The number of hydrogen-bond donors (Lipinski definition) is 4. The summed E-state index contributed by atoms with van der Waals surface area (Å²) in [6, 6.07) is -0.518. The molecule has 0 spiro atoms. The van der Waals surface area contributed by atoms with Crippen molar-refractivity contribution in [1.82, 2.24) is 10.2 Å². The Kier molecular flexibility index (Phi) is 5.62. The van der Waals surface area contributed by atoms with Crippen molar-refractivity contribution in [2.75, 3.05) is 20.6 Å². The lowest BCUT2D eigenvalue weighted by Crippen LogP contribution is -2.37. The lowest BCUT2D eigenvalue weighted by atomic mass is 10.1. The highest BCUT2D eigenvalue weighted by atomic mass is 16.4. The first kappa shape index (κ1) is 12.7. The van der Waals surface area contributed by atoms with E-state index in [1.807, 2.05) is 0 Å². The monoisotopic (exact) mass is 202 g/mol. The van der Waals surface area contributed by atoms with E-state index in [4.69, 9.17) is 16.2 Å². The van der Waals surface area contributed by atoms with Crippen molar-refractivity contribution in [3.63, 3.8) is 0 Å². The minimum Gasteiger partial charge on any atom is -0.480 e. The third-order valence-electron chi connectivity index (χ3n) is 2.04. The number of aliphatic carboxylic acids is 1. The van der Waals surface area contributed by atoms with Gasteiger partial charge in [-0.15, -0.1) is 0 Å². The van der Waals surface area contributed by atoms with Gasteiger partial charge < -0.3 is 21.1 Å². The molecule has 0 heterocycles. The Balaban J connectivity index is 3.71. The number of nitrogens with two attached hydrogens (primary N) is 1. The fourth-order valence-corrected chi connectivity index (χ4v) is 1.04. The number of hydrogen-bond acceptors (Lipinski definition) is 3. The molecule has 0 radical (unpaired) electrons. The third-order valence-corrected chi connectivity index (χ3v) is 2.04. The average Bonchev–Trinajstić information content (AvgIpc) is 2.11. The molecule has 1 atom stereocenters. The molecule has 0 saturated carbocycles. The molecule has 5 N–H and O–H groups in total. The first-order valence-electron chi connectivity index (χ1n) is 4.44. The smallest absolute Gasteiger partial charge is 0.320 e. The molecule has 0 aromatic rings. The van der Waals surface area contributed by atoms with Gasteiger partial charge in [0.15, 0.2) is 5.96 Å². The lowest BCUT2D eigenvalue weighted by Gasteiger charge is -2.17. The number of likely N-dealkylation sites (N-methyl/N-ethyl adjacent to an activating group) is 1. The van der Waals surface area contributed by atoms with Crippen LogP contribution in [0.25, 0.3) is 0 Å². The topological polar surface area (TPSA) is 102 Å². The second kappa shape index (κ2) is 6.20. The van der Waals surface area contributed by atoms with Crippen molar-refractivity contribution in [1.29, 1.82) is 5.41 Å². The van der Waals surface area contributed by atoms with Crippen molar-refractivity contribution in [3.8, 4) is 0 Å². The summed E-state index contributed by atoms with van der Waals surface area (Å²) in [6.07, 6.45) is 1.22. The average molecular weight is 202 g/mol. The summed E-state index contributed by atoms with van der Waals surface area (Å²) in [7, 11) is 3.32. The Morgan fingerprint density at radius 2 is 2.29 bits per heavy atom. The van der Waals surface area contributed by atoms with E-state index in [2.05, 4.69) is 5.32 Å². The third kappa shape index (κ3) is 4.66. The van der Waals surface area contributed by atoms with Crippen molar-refractivity contribution >= 4 is 11.9 Å². The number of carboxylic acid groups (broad SMARTS) is 1. The molecule has 0 aromatic carbocycles. The zero-order valence-electron chi connectivity index (χ0n) is 8.58. The summed E-state index contributed by atoms with van der Waals surface area (Å²) >= 11 is 0. The summed E-state index contributed by atoms with van der Waals surface area (Å²) < 4.78 is 0. The maximum Gasteiger partial charge on any atom is 0.320 e. The second-order valence-corrected chi connectivity index (χ2v) is 3.13. The number of nitrogens with zero attached hydrogens (tertiary/aromatic N) is 1. The lowest BCUT2D eigenvalue weighted by molar-refractivity contribution is -0.139. The Hall–Kier alpha value is -1.30. The molecule has 6 heteroatoms. The summed E-state index contributed by atoms with van der Waals surface area (Å²) in [5.41, 5.74) is 5.22. The fraction of sp³-hybridized carbons (Fsp3) is 0.750. The first-order chi connectivity index (χ1) is 6.49. The van der Waals surface area contributed by atoms with Gasteiger partial charge in [-0.05, 0) is 19.9 Å². The zero-order chi connectivity index (χ0) is 11.1. The van der Waals surface area contributed by atoms with Gasteiger partial charge in [0.25, 0.3) is 0 Å². The Morgan fingerprint density at radius 1 is 1.71 bits per heavy atom. The van der Waals surface area contributed by atoms with Crippen LogP contribution in [0.3, 0.4) is 0 Å². The van der Waals surface area contributed by atoms with E-state index < -0.39 is 12.0 Å². The Bertz CT molecular complexity index is 208. The van der Waals surface area contributed by atoms with E-state index in [1.165, 1.54) is 0 Å². The van der Waals surface area contributed by atoms with Gasteiger partial charge in [-0.25, -0.2) is 0 Å². The summed E-state index contributed by atoms with van der Waals surface area (Å²) in [6.45, 7) is 0.598. The number of guanidine groups is 1. The van der Waals surface area contributed by atoms with Crippen LogP contribution in [-0.2, 0) is 4.79 Å². The Morgan fingerprint density at radius 3 is 2.64 bits per heavy atom. The molecule has 0 amide bonds. The van der Waals surface area contributed by atoms with Crippen LogP contribution in [-0.4, -0.2) is 48.6 Å². The SMILES string of the molecule is CNC(CCCN(C)C(=N)N)C(=O)O. The fourth-order valence-electron chi connectivity index (χ4n) is 1.04. The highest BCUT2D eigenvalue weighted by molar-refractivity contribution is 5.74. The predicted molar refractivity (Wildman–Crippen MR) is 54.3 cm³/mol. The van der Waals surface area contributed by atoms with Crippen LogP contribution >= 0.6 is 0 Å². The van der Waals surface area contributed by atoms with Crippen LogP contribution in [0.5, 0.6) is 0 Å². The molecule has 0 aliphatic heterocycles. The van der Waals surface area contributed by atoms with Gasteiger partial charge in [0.05, 0.1) is 0 Å². The number of carbonyl (C=O) groups is 1. The van der Waals surface area contributed by atoms with Crippen molar-refractivity contribution in [2.45, 2.75) is 18.9 Å². The maximum atomic E-state index is 10.6. The van der Waals surface area contributed by atoms with Gasteiger partial charge in [-0.3, -0.25) is 10.2 Å². The Labute approximate surface area is 83.6 Å². The van der Waals surface area contributed by atoms with Gasteiger partial charge >= 0.3 is 5.97 Å². The van der Waals surface area contributed by atoms with E-state index in [0.717, 1.165) is 0 Å². The van der Waals surface area contributed by atoms with Crippen molar-refractivity contribution in [2.24, 2.45) is 5.73 Å². The number of rotatable bonds is 6. The van der Waals surface area contributed by atoms with E-state index in [0.29, 0.717) is 19.4 Å². The van der Waals surface area contributed by atoms with E-state index in [1.54, 1.807) is 19.0 Å². The van der Waals surface area contributed by atoms with Crippen LogP contribution in [0.15, 0.2) is 0 Å². The molecule has 0 bridgehead atoms. The van der Waals surface area contributed by atoms with Gasteiger partial charge in [0.1, 0.15) is 6.04 Å².